The molecule has 16 heavy (non-hydrogen) atoms. The van der Waals surface area contributed by atoms with Gasteiger partial charge in [-0.1, -0.05) is 32.6 Å². The summed E-state index contributed by atoms with van der Waals surface area (Å²) in [5, 5.41) is 3.41. The molecule has 4 heteroatoms. The van der Waals surface area contributed by atoms with Crippen LogP contribution in [0.2, 0.25) is 0 Å². The van der Waals surface area contributed by atoms with E-state index in [1.54, 1.807) is 0 Å². The number of rotatable bonds is 7. The van der Waals surface area contributed by atoms with E-state index in [2.05, 4.69) is 12.2 Å². The summed E-state index contributed by atoms with van der Waals surface area (Å²) in [4.78, 5) is 0. The average molecular weight is 247 g/mol. The van der Waals surface area contributed by atoms with Gasteiger partial charge in [-0.3, -0.25) is 0 Å². The van der Waals surface area contributed by atoms with Crippen LogP contribution in [0.1, 0.15) is 52.4 Å². The van der Waals surface area contributed by atoms with E-state index >= 15 is 0 Å². The Kier molecular flexibility index (Phi) is 5.25. The predicted octanol–water partition coefficient (Wildman–Crippen LogP) is 2.12. The van der Waals surface area contributed by atoms with Crippen molar-refractivity contribution in [2.24, 2.45) is 0 Å². The average Bonchev–Trinajstić information content (AvgIpc) is 2.47. The second kappa shape index (κ2) is 6.01. The van der Waals surface area contributed by atoms with Gasteiger partial charge in [-0.2, -0.15) is 0 Å². The van der Waals surface area contributed by atoms with Crippen LogP contribution in [0.3, 0.4) is 0 Å². The van der Waals surface area contributed by atoms with Gasteiger partial charge in [-0.15, -0.1) is 0 Å². The van der Waals surface area contributed by atoms with Crippen LogP contribution >= 0.6 is 0 Å². The zero-order valence-electron chi connectivity index (χ0n) is 10.6. The molecule has 0 bridgehead atoms. The molecule has 1 atom stereocenters. The van der Waals surface area contributed by atoms with E-state index in [1.807, 2.05) is 6.92 Å². The number of nitrogens with one attached hydrogen (secondary N) is 1. The van der Waals surface area contributed by atoms with Gasteiger partial charge in [-0.05, 0) is 26.3 Å². The molecular weight excluding hydrogens is 222 g/mol. The summed E-state index contributed by atoms with van der Waals surface area (Å²) in [5.41, 5.74) is -0.163. The quantitative estimate of drug-likeness (QED) is 0.701. The molecule has 1 unspecified atom stereocenters. The number of sulfone groups is 1. The fourth-order valence-electron chi connectivity index (χ4n) is 2.27. The lowest BCUT2D eigenvalue weighted by Gasteiger charge is -2.23. The molecule has 1 fully saturated rings. The van der Waals surface area contributed by atoms with Crippen molar-refractivity contribution < 1.29 is 8.42 Å². The van der Waals surface area contributed by atoms with Gasteiger partial charge < -0.3 is 5.32 Å². The molecule has 1 rings (SSSR count). The van der Waals surface area contributed by atoms with Crippen molar-refractivity contribution in [2.45, 2.75) is 57.9 Å². The molecule has 0 saturated carbocycles. The van der Waals surface area contributed by atoms with Gasteiger partial charge in [0, 0.05) is 5.54 Å². The van der Waals surface area contributed by atoms with Crippen LogP contribution in [-0.2, 0) is 9.84 Å². The van der Waals surface area contributed by atoms with Crippen LogP contribution in [0.5, 0.6) is 0 Å². The van der Waals surface area contributed by atoms with Crippen molar-refractivity contribution in [1.82, 2.24) is 5.32 Å². The molecule has 1 heterocycles. The van der Waals surface area contributed by atoms with Crippen molar-refractivity contribution in [1.29, 1.82) is 0 Å². The maximum absolute atomic E-state index is 11.4. The standard InChI is InChI=1S/C12H25NO2S/c1-3-4-5-6-7-9-13-12(2)8-10-16(14,15)11-12/h13H,3-11H2,1-2H3. The summed E-state index contributed by atoms with van der Waals surface area (Å²) < 4.78 is 22.8. The molecule has 0 aromatic heterocycles. The molecular formula is C12H25NO2S. The lowest BCUT2D eigenvalue weighted by atomic mass is 10.0. The fraction of sp³-hybridized carbons (Fsp3) is 1.00. The zero-order valence-corrected chi connectivity index (χ0v) is 11.4. The molecule has 3 nitrogen and oxygen atoms in total. The van der Waals surface area contributed by atoms with E-state index in [0.29, 0.717) is 11.5 Å². The van der Waals surface area contributed by atoms with Gasteiger partial charge in [0.25, 0.3) is 0 Å². The van der Waals surface area contributed by atoms with E-state index in [-0.39, 0.29) is 5.54 Å². The normalized spacial score (nSPS) is 28.4. The first-order chi connectivity index (χ1) is 7.47. The van der Waals surface area contributed by atoms with E-state index < -0.39 is 9.84 Å². The molecule has 1 aliphatic rings. The van der Waals surface area contributed by atoms with Crippen molar-refractivity contribution in [3.63, 3.8) is 0 Å². The van der Waals surface area contributed by atoms with E-state index in [9.17, 15) is 8.42 Å². The van der Waals surface area contributed by atoms with E-state index in [0.717, 1.165) is 19.4 Å². The van der Waals surface area contributed by atoms with Crippen LogP contribution in [0.4, 0.5) is 0 Å². The van der Waals surface area contributed by atoms with Gasteiger partial charge in [-0.25, -0.2) is 8.42 Å². The minimum Gasteiger partial charge on any atom is -0.310 e. The SMILES string of the molecule is CCCCCCCNC1(C)CCS(=O)(=O)C1. The maximum atomic E-state index is 11.4. The first kappa shape index (κ1) is 14.0. The first-order valence-electron chi connectivity index (χ1n) is 6.43. The van der Waals surface area contributed by atoms with Gasteiger partial charge in [0.15, 0.2) is 9.84 Å². The molecule has 1 N–H and O–H groups in total. The molecule has 1 aliphatic heterocycles. The summed E-state index contributed by atoms with van der Waals surface area (Å²) in [6.07, 6.45) is 7.06. The van der Waals surface area contributed by atoms with Crippen molar-refractivity contribution in [3.8, 4) is 0 Å². The minimum atomic E-state index is -2.77. The Hall–Kier alpha value is -0.0900. The maximum Gasteiger partial charge on any atom is 0.152 e. The Labute approximate surface area is 99.9 Å². The monoisotopic (exact) mass is 247 g/mol. The summed E-state index contributed by atoms with van der Waals surface area (Å²) in [6, 6.07) is 0. The third kappa shape index (κ3) is 4.83. The second-order valence-corrected chi connectivity index (χ2v) is 7.43. The smallest absolute Gasteiger partial charge is 0.152 e. The molecule has 0 aromatic carbocycles. The highest BCUT2D eigenvalue weighted by atomic mass is 32.2. The van der Waals surface area contributed by atoms with Gasteiger partial charge >= 0.3 is 0 Å². The van der Waals surface area contributed by atoms with Crippen LogP contribution in [-0.4, -0.2) is 32.0 Å². The number of unbranched alkanes of at least 4 members (excludes halogenated alkanes) is 4. The number of hydrogen-bond donors (Lipinski definition) is 1. The molecule has 0 radical (unpaired) electrons. The largest absolute Gasteiger partial charge is 0.310 e. The highest BCUT2D eigenvalue weighted by Gasteiger charge is 2.37. The molecule has 1 saturated heterocycles. The predicted molar refractivity (Wildman–Crippen MR) is 68.4 cm³/mol. The van der Waals surface area contributed by atoms with Crippen molar-refractivity contribution in [2.75, 3.05) is 18.1 Å². The molecule has 0 aromatic rings. The second-order valence-electron chi connectivity index (χ2n) is 5.24. The van der Waals surface area contributed by atoms with Crippen molar-refractivity contribution in [3.05, 3.63) is 0 Å². The number of hydrogen-bond acceptors (Lipinski definition) is 3. The molecule has 0 amide bonds. The van der Waals surface area contributed by atoms with Crippen LogP contribution in [0, 0.1) is 0 Å². The van der Waals surface area contributed by atoms with Crippen LogP contribution in [0.25, 0.3) is 0 Å². The van der Waals surface area contributed by atoms with Gasteiger partial charge in [0.1, 0.15) is 0 Å². The summed E-state index contributed by atoms with van der Waals surface area (Å²) in [5.74, 6) is 0.668. The summed E-state index contributed by atoms with van der Waals surface area (Å²) in [6.45, 7) is 5.20. The Morgan fingerprint density at radius 2 is 1.88 bits per heavy atom. The Morgan fingerprint density at radius 3 is 2.44 bits per heavy atom. The highest BCUT2D eigenvalue weighted by Crippen LogP contribution is 2.22. The zero-order chi connectivity index (χ0) is 12.1. The topological polar surface area (TPSA) is 46.2 Å². The lowest BCUT2D eigenvalue weighted by molar-refractivity contribution is 0.390. The molecule has 0 aliphatic carbocycles. The van der Waals surface area contributed by atoms with Crippen molar-refractivity contribution >= 4 is 9.84 Å². The third-order valence-corrected chi connectivity index (χ3v) is 5.24. The summed E-state index contributed by atoms with van der Waals surface area (Å²) >= 11 is 0. The third-order valence-electron chi connectivity index (χ3n) is 3.34. The fourth-order valence-corrected chi connectivity index (χ4v) is 4.39. The lowest BCUT2D eigenvalue weighted by Crippen LogP contribution is -2.43. The minimum absolute atomic E-state index is 0.163. The van der Waals surface area contributed by atoms with E-state index in [1.165, 1.54) is 25.7 Å². The summed E-state index contributed by atoms with van der Waals surface area (Å²) in [7, 11) is -2.77. The highest BCUT2D eigenvalue weighted by molar-refractivity contribution is 7.91. The Bertz CT molecular complexity index is 300. The van der Waals surface area contributed by atoms with Gasteiger partial charge in [0.2, 0.25) is 0 Å². The molecule has 96 valence electrons. The van der Waals surface area contributed by atoms with Gasteiger partial charge in [0.05, 0.1) is 11.5 Å². The Morgan fingerprint density at radius 1 is 1.19 bits per heavy atom. The van der Waals surface area contributed by atoms with Crippen LogP contribution < -0.4 is 5.32 Å². The Balaban J connectivity index is 2.13. The van der Waals surface area contributed by atoms with E-state index in [4.69, 9.17) is 0 Å². The van der Waals surface area contributed by atoms with Crippen LogP contribution in [0.15, 0.2) is 0 Å². The first-order valence-corrected chi connectivity index (χ1v) is 8.25. The molecule has 0 spiro atoms.